The van der Waals surface area contributed by atoms with E-state index in [2.05, 4.69) is 14.8 Å². The van der Waals surface area contributed by atoms with Crippen LogP contribution in [0, 0.1) is 0 Å². The Morgan fingerprint density at radius 2 is 1.49 bits per heavy atom. The molecule has 0 spiro atoms. The minimum absolute atomic E-state index is 0.0602. The van der Waals surface area contributed by atoms with Crippen LogP contribution in [0.4, 0.5) is 5.82 Å². The molecule has 1 unspecified atom stereocenters. The molecule has 1 heterocycles. The zero-order valence-corrected chi connectivity index (χ0v) is 24.1. The number of anilines is 1. The zero-order chi connectivity index (χ0) is 29.3. The molecule has 0 fully saturated rings. The first-order valence-electron chi connectivity index (χ1n) is 12.9. The molecule has 0 saturated heterocycles. The van der Waals surface area contributed by atoms with Gasteiger partial charge in [-0.25, -0.2) is 4.79 Å². The SMILES string of the molecule is COC[C@H](Cn1ccc(NC(c2ccccc2)(c2ccccc2)c2ccc(OC)cc2)nc1=O)OCP(=O)(O)OC. The Kier molecular flexibility index (Phi) is 10.1. The van der Waals surface area contributed by atoms with Crippen molar-refractivity contribution in [2.24, 2.45) is 0 Å². The summed E-state index contributed by atoms with van der Waals surface area (Å²) < 4.78 is 33.9. The second-order valence-electron chi connectivity index (χ2n) is 9.28. The molecule has 0 saturated carbocycles. The Morgan fingerprint density at radius 3 is 2.00 bits per heavy atom. The first kappa shape index (κ1) is 30.2. The highest BCUT2D eigenvalue weighted by atomic mass is 31.2. The van der Waals surface area contributed by atoms with E-state index < -0.39 is 31.3 Å². The molecule has 2 atom stereocenters. The van der Waals surface area contributed by atoms with Crippen LogP contribution in [0.1, 0.15) is 16.7 Å². The van der Waals surface area contributed by atoms with E-state index in [4.69, 9.17) is 14.2 Å². The number of hydrogen-bond donors (Lipinski definition) is 2. The van der Waals surface area contributed by atoms with Crippen LogP contribution >= 0.6 is 7.60 Å². The van der Waals surface area contributed by atoms with Crippen LogP contribution in [-0.2, 0) is 30.6 Å². The molecule has 2 N–H and O–H groups in total. The Labute approximate surface area is 239 Å². The fourth-order valence-electron chi connectivity index (χ4n) is 4.57. The summed E-state index contributed by atoms with van der Waals surface area (Å²) in [5.74, 6) is 1.08. The number of nitrogens with zero attached hydrogens (tertiary/aromatic N) is 2. The van der Waals surface area contributed by atoms with Crippen LogP contribution in [-0.4, -0.2) is 54.8 Å². The summed E-state index contributed by atoms with van der Waals surface area (Å²) in [4.78, 5) is 27.2. The average Bonchev–Trinajstić information content (AvgIpc) is 3.01. The minimum Gasteiger partial charge on any atom is -0.497 e. The van der Waals surface area contributed by atoms with Crippen molar-refractivity contribution in [2.75, 3.05) is 39.6 Å². The predicted octanol–water partition coefficient (Wildman–Crippen LogP) is 4.48. The highest BCUT2D eigenvalue weighted by Crippen LogP contribution is 2.41. The number of methoxy groups -OCH3 is 2. The molecule has 4 rings (SSSR count). The molecule has 0 aliphatic rings. The molecular formula is C30H34N3O7P. The van der Waals surface area contributed by atoms with Crippen LogP contribution < -0.4 is 15.7 Å². The molecule has 11 heteroatoms. The van der Waals surface area contributed by atoms with Crippen molar-refractivity contribution in [2.45, 2.75) is 18.2 Å². The highest BCUT2D eigenvalue weighted by molar-refractivity contribution is 7.52. The predicted molar refractivity (Wildman–Crippen MR) is 156 cm³/mol. The van der Waals surface area contributed by atoms with Crippen LogP contribution in [0.5, 0.6) is 5.75 Å². The summed E-state index contributed by atoms with van der Waals surface area (Å²) in [5, 5.41) is 3.57. The third-order valence-electron chi connectivity index (χ3n) is 6.64. The summed E-state index contributed by atoms with van der Waals surface area (Å²) in [5.41, 5.74) is 1.39. The molecule has 1 aromatic heterocycles. The Hall–Kier alpha value is -3.79. The molecular weight excluding hydrogens is 545 g/mol. The van der Waals surface area contributed by atoms with Crippen molar-refractivity contribution in [1.82, 2.24) is 9.55 Å². The van der Waals surface area contributed by atoms with E-state index in [9.17, 15) is 14.3 Å². The van der Waals surface area contributed by atoms with E-state index in [0.29, 0.717) is 5.82 Å². The first-order chi connectivity index (χ1) is 19.8. The van der Waals surface area contributed by atoms with E-state index in [0.717, 1.165) is 29.5 Å². The van der Waals surface area contributed by atoms with Gasteiger partial charge in [0, 0.05) is 20.4 Å². The number of rotatable bonds is 14. The second kappa shape index (κ2) is 13.7. The van der Waals surface area contributed by atoms with Gasteiger partial charge in [0.25, 0.3) is 0 Å². The van der Waals surface area contributed by atoms with Gasteiger partial charge in [0.05, 0.1) is 26.4 Å². The maximum Gasteiger partial charge on any atom is 0.353 e. The maximum absolute atomic E-state index is 13.2. The van der Waals surface area contributed by atoms with E-state index in [-0.39, 0.29) is 13.2 Å². The van der Waals surface area contributed by atoms with Gasteiger partial charge in [0.1, 0.15) is 23.5 Å². The van der Waals surface area contributed by atoms with Crippen LogP contribution in [0.2, 0.25) is 0 Å². The van der Waals surface area contributed by atoms with Gasteiger partial charge in [-0.1, -0.05) is 72.8 Å². The van der Waals surface area contributed by atoms with Crippen LogP contribution in [0.15, 0.2) is 102 Å². The Balaban J connectivity index is 1.73. The molecule has 41 heavy (non-hydrogen) atoms. The van der Waals surface area contributed by atoms with Crippen molar-refractivity contribution in [3.05, 3.63) is 124 Å². The third kappa shape index (κ3) is 7.30. The quantitative estimate of drug-likeness (QED) is 0.165. The third-order valence-corrected chi connectivity index (χ3v) is 7.68. The molecule has 0 aliphatic heterocycles. The summed E-state index contributed by atoms with van der Waals surface area (Å²) in [6.45, 7) is 0.156. The molecule has 0 amide bonds. The minimum atomic E-state index is -3.89. The second-order valence-corrected chi connectivity index (χ2v) is 11.2. The van der Waals surface area contributed by atoms with Gasteiger partial charge in [-0.05, 0) is 34.9 Å². The van der Waals surface area contributed by atoms with Crippen molar-refractivity contribution in [1.29, 1.82) is 0 Å². The first-order valence-corrected chi connectivity index (χ1v) is 14.7. The maximum atomic E-state index is 13.2. The molecule has 216 valence electrons. The van der Waals surface area contributed by atoms with E-state index in [1.165, 1.54) is 11.7 Å². The zero-order valence-electron chi connectivity index (χ0n) is 23.2. The van der Waals surface area contributed by atoms with Crippen LogP contribution in [0.3, 0.4) is 0 Å². The standard InChI is InChI=1S/C30H34N3O7P/c1-37-21-27(40-22-41(35,36)39-3)20-33-19-18-28(31-29(33)34)32-30(23-10-6-4-7-11-23,24-12-8-5-9-13-24)25-14-16-26(38-2)17-15-25/h4-19,27H,20-22H2,1-3H3,(H,35,36)(H,31,32,34)/t27-/m0/s1. The summed E-state index contributed by atoms with van der Waals surface area (Å²) in [6, 6.07) is 29.3. The molecule has 4 aromatic rings. The number of hydrogen-bond acceptors (Lipinski definition) is 8. The van der Waals surface area contributed by atoms with Gasteiger partial charge < -0.3 is 28.9 Å². The van der Waals surface area contributed by atoms with Gasteiger partial charge in [-0.2, -0.15) is 4.98 Å². The fourth-order valence-corrected chi connectivity index (χ4v) is 5.08. The number of benzene rings is 3. The highest BCUT2D eigenvalue weighted by Gasteiger charge is 2.37. The lowest BCUT2D eigenvalue weighted by Gasteiger charge is -2.37. The number of nitrogens with one attached hydrogen (secondary N) is 1. The Bertz CT molecular complexity index is 1460. The van der Waals surface area contributed by atoms with Crippen LogP contribution in [0.25, 0.3) is 0 Å². The van der Waals surface area contributed by atoms with Gasteiger partial charge in [-0.15, -0.1) is 0 Å². The molecule has 3 aromatic carbocycles. The van der Waals surface area contributed by atoms with E-state index >= 15 is 0 Å². The monoisotopic (exact) mass is 579 g/mol. The Morgan fingerprint density at radius 1 is 0.902 bits per heavy atom. The number of ether oxygens (including phenoxy) is 3. The van der Waals surface area contributed by atoms with Crippen molar-refractivity contribution < 1.29 is 28.2 Å². The molecule has 0 radical (unpaired) electrons. The van der Waals surface area contributed by atoms with Gasteiger partial charge >= 0.3 is 13.3 Å². The van der Waals surface area contributed by atoms with E-state index in [1.807, 2.05) is 84.9 Å². The van der Waals surface area contributed by atoms with E-state index in [1.54, 1.807) is 19.4 Å². The smallest absolute Gasteiger partial charge is 0.353 e. The largest absolute Gasteiger partial charge is 0.497 e. The molecule has 10 nitrogen and oxygen atoms in total. The summed E-state index contributed by atoms with van der Waals surface area (Å²) >= 11 is 0. The van der Waals surface area contributed by atoms with Crippen molar-refractivity contribution >= 4 is 13.4 Å². The molecule has 0 aliphatic carbocycles. The van der Waals surface area contributed by atoms with Gasteiger partial charge in [0.2, 0.25) is 0 Å². The lowest BCUT2D eigenvalue weighted by atomic mass is 9.77. The normalized spacial score (nSPS) is 13.8. The van der Waals surface area contributed by atoms with Crippen molar-refractivity contribution in [3.8, 4) is 5.75 Å². The average molecular weight is 580 g/mol. The number of aromatic nitrogens is 2. The lowest BCUT2D eigenvalue weighted by Crippen LogP contribution is -2.39. The van der Waals surface area contributed by atoms with Crippen molar-refractivity contribution in [3.63, 3.8) is 0 Å². The summed E-state index contributed by atoms with van der Waals surface area (Å²) in [7, 11) is 0.339. The fraction of sp³-hybridized carbons (Fsp3) is 0.267. The lowest BCUT2D eigenvalue weighted by molar-refractivity contribution is 0.00216. The summed E-state index contributed by atoms with van der Waals surface area (Å²) in [6.07, 6.45) is 0.395. The topological polar surface area (TPSA) is 121 Å². The van der Waals surface area contributed by atoms with Gasteiger partial charge in [-0.3, -0.25) is 9.13 Å². The molecule has 0 bridgehead atoms. The van der Waals surface area contributed by atoms with Gasteiger partial charge in [0.15, 0.2) is 0 Å².